The molecule has 1 aromatic rings. The van der Waals surface area contributed by atoms with Gasteiger partial charge >= 0.3 is 0 Å². The first kappa shape index (κ1) is 14.1. The molecule has 0 aliphatic carbocycles. The highest BCUT2D eigenvalue weighted by atomic mass is 32.1. The largest absolute Gasteiger partial charge is 0.349 e. The van der Waals surface area contributed by atoms with Crippen molar-refractivity contribution in [2.24, 2.45) is 0 Å². The standard InChI is InChI=1S/C12H21N3OS/c1-4-10(12-14-8-9-17-12)13-7-5-6-11(16)15(2)3/h8-10,13H,4-7H2,1-3H3. The molecule has 1 amide bonds. The lowest BCUT2D eigenvalue weighted by molar-refractivity contribution is -0.128. The lowest BCUT2D eigenvalue weighted by atomic mass is 10.2. The zero-order chi connectivity index (χ0) is 12.7. The van der Waals surface area contributed by atoms with Crippen LogP contribution in [0.25, 0.3) is 0 Å². The molecule has 1 N–H and O–H groups in total. The van der Waals surface area contributed by atoms with Gasteiger partial charge in [-0.05, 0) is 19.4 Å². The Kier molecular flexibility index (Phi) is 6.15. The van der Waals surface area contributed by atoms with E-state index in [9.17, 15) is 4.79 Å². The van der Waals surface area contributed by atoms with Gasteiger partial charge in [0.05, 0.1) is 6.04 Å². The van der Waals surface area contributed by atoms with Crippen molar-refractivity contribution in [1.29, 1.82) is 0 Å². The molecule has 0 aromatic carbocycles. The number of nitrogens with zero attached hydrogens (tertiary/aromatic N) is 2. The molecule has 5 heteroatoms. The number of amides is 1. The van der Waals surface area contributed by atoms with E-state index in [4.69, 9.17) is 0 Å². The van der Waals surface area contributed by atoms with Crippen molar-refractivity contribution in [2.45, 2.75) is 32.2 Å². The molecule has 96 valence electrons. The SMILES string of the molecule is CCC(NCCCC(=O)N(C)C)c1nccs1. The van der Waals surface area contributed by atoms with Crippen LogP contribution in [0.3, 0.4) is 0 Å². The summed E-state index contributed by atoms with van der Waals surface area (Å²) in [5, 5.41) is 6.57. The normalized spacial score (nSPS) is 12.4. The van der Waals surface area contributed by atoms with E-state index < -0.39 is 0 Å². The van der Waals surface area contributed by atoms with Crippen molar-refractivity contribution in [3.8, 4) is 0 Å². The lowest BCUT2D eigenvalue weighted by Gasteiger charge is -2.15. The van der Waals surface area contributed by atoms with Crippen LogP contribution in [0.1, 0.15) is 37.2 Å². The fourth-order valence-corrected chi connectivity index (χ4v) is 2.35. The molecule has 17 heavy (non-hydrogen) atoms. The lowest BCUT2D eigenvalue weighted by Crippen LogP contribution is -2.25. The zero-order valence-electron chi connectivity index (χ0n) is 10.8. The van der Waals surface area contributed by atoms with Crippen LogP contribution in [0.4, 0.5) is 0 Å². The van der Waals surface area contributed by atoms with E-state index in [1.165, 1.54) is 0 Å². The number of hydrogen-bond donors (Lipinski definition) is 1. The van der Waals surface area contributed by atoms with Crippen LogP contribution in [0.5, 0.6) is 0 Å². The van der Waals surface area contributed by atoms with Gasteiger partial charge in [0.1, 0.15) is 5.01 Å². The van der Waals surface area contributed by atoms with Gasteiger partial charge in [-0.1, -0.05) is 6.92 Å². The van der Waals surface area contributed by atoms with Crippen molar-refractivity contribution in [2.75, 3.05) is 20.6 Å². The number of carbonyl (C=O) groups is 1. The Labute approximate surface area is 107 Å². The number of carbonyl (C=O) groups excluding carboxylic acids is 1. The summed E-state index contributed by atoms with van der Waals surface area (Å²) in [4.78, 5) is 17.3. The monoisotopic (exact) mass is 255 g/mol. The molecular formula is C12H21N3OS. The summed E-state index contributed by atoms with van der Waals surface area (Å²) in [6.07, 6.45) is 4.34. The average Bonchev–Trinajstić information content (AvgIpc) is 2.82. The van der Waals surface area contributed by atoms with Gasteiger partial charge in [-0.15, -0.1) is 11.3 Å². The van der Waals surface area contributed by atoms with Gasteiger partial charge in [0.15, 0.2) is 0 Å². The van der Waals surface area contributed by atoms with Crippen molar-refractivity contribution >= 4 is 17.2 Å². The van der Waals surface area contributed by atoms with E-state index in [0.717, 1.165) is 24.4 Å². The maximum atomic E-state index is 11.4. The van der Waals surface area contributed by atoms with Crippen LogP contribution >= 0.6 is 11.3 Å². The second-order valence-corrected chi connectivity index (χ2v) is 5.10. The van der Waals surface area contributed by atoms with Crippen LogP contribution in [0, 0.1) is 0 Å². The first-order chi connectivity index (χ1) is 8.15. The summed E-state index contributed by atoms with van der Waals surface area (Å²) < 4.78 is 0. The predicted molar refractivity (Wildman–Crippen MR) is 71.1 cm³/mol. The molecule has 1 heterocycles. The second kappa shape index (κ2) is 7.40. The maximum absolute atomic E-state index is 11.4. The Morgan fingerprint density at radius 1 is 1.59 bits per heavy atom. The van der Waals surface area contributed by atoms with Gasteiger partial charge in [0.2, 0.25) is 5.91 Å². The Morgan fingerprint density at radius 3 is 2.88 bits per heavy atom. The van der Waals surface area contributed by atoms with Gasteiger partial charge in [0, 0.05) is 32.1 Å². The topological polar surface area (TPSA) is 45.2 Å². The molecule has 0 saturated heterocycles. The van der Waals surface area contributed by atoms with E-state index in [1.54, 1.807) is 30.3 Å². The molecule has 1 aromatic heterocycles. The molecular weight excluding hydrogens is 234 g/mol. The van der Waals surface area contributed by atoms with Gasteiger partial charge in [0.25, 0.3) is 0 Å². The van der Waals surface area contributed by atoms with E-state index in [1.807, 2.05) is 11.6 Å². The molecule has 0 aliphatic heterocycles. The summed E-state index contributed by atoms with van der Waals surface area (Å²) in [6, 6.07) is 0.324. The van der Waals surface area contributed by atoms with Crippen molar-refractivity contribution in [3.63, 3.8) is 0 Å². The molecule has 1 unspecified atom stereocenters. The van der Waals surface area contributed by atoms with E-state index in [0.29, 0.717) is 12.5 Å². The summed E-state index contributed by atoms with van der Waals surface area (Å²) in [5.41, 5.74) is 0. The quantitative estimate of drug-likeness (QED) is 0.758. The Balaban J connectivity index is 2.23. The van der Waals surface area contributed by atoms with Gasteiger partial charge in [-0.25, -0.2) is 4.98 Å². The molecule has 0 saturated carbocycles. The van der Waals surface area contributed by atoms with Gasteiger partial charge in [-0.2, -0.15) is 0 Å². The van der Waals surface area contributed by atoms with E-state index >= 15 is 0 Å². The van der Waals surface area contributed by atoms with Gasteiger partial charge < -0.3 is 10.2 Å². The molecule has 1 rings (SSSR count). The summed E-state index contributed by atoms with van der Waals surface area (Å²) in [7, 11) is 3.58. The van der Waals surface area contributed by atoms with E-state index in [-0.39, 0.29) is 5.91 Å². The van der Waals surface area contributed by atoms with Crippen molar-refractivity contribution < 1.29 is 4.79 Å². The Morgan fingerprint density at radius 2 is 2.35 bits per heavy atom. The molecule has 0 radical (unpaired) electrons. The summed E-state index contributed by atoms with van der Waals surface area (Å²) in [5.74, 6) is 0.189. The highest BCUT2D eigenvalue weighted by molar-refractivity contribution is 7.09. The second-order valence-electron chi connectivity index (χ2n) is 4.18. The smallest absolute Gasteiger partial charge is 0.222 e. The van der Waals surface area contributed by atoms with Crippen LogP contribution in [0.2, 0.25) is 0 Å². The highest BCUT2D eigenvalue weighted by Gasteiger charge is 2.11. The third-order valence-corrected chi connectivity index (χ3v) is 3.50. The number of aromatic nitrogens is 1. The van der Waals surface area contributed by atoms with Crippen molar-refractivity contribution in [1.82, 2.24) is 15.2 Å². The molecule has 4 nitrogen and oxygen atoms in total. The van der Waals surface area contributed by atoms with Crippen LogP contribution in [-0.4, -0.2) is 36.4 Å². The number of nitrogens with one attached hydrogen (secondary N) is 1. The first-order valence-electron chi connectivity index (χ1n) is 5.98. The van der Waals surface area contributed by atoms with Crippen molar-refractivity contribution in [3.05, 3.63) is 16.6 Å². The summed E-state index contributed by atoms with van der Waals surface area (Å²) in [6.45, 7) is 3.00. The first-order valence-corrected chi connectivity index (χ1v) is 6.86. The zero-order valence-corrected chi connectivity index (χ0v) is 11.6. The molecule has 0 fully saturated rings. The number of rotatable bonds is 7. The Bertz CT molecular complexity index is 325. The van der Waals surface area contributed by atoms with E-state index in [2.05, 4.69) is 17.2 Å². The number of thiazole rings is 1. The molecule has 1 atom stereocenters. The minimum absolute atomic E-state index is 0.189. The third kappa shape index (κ3) is 4.83. The summed E-state index contributed by atoms with van der Waals surface area (Å²) >= 11 is 1.68. The fraction of sp³-hybridized carbons (Fsp3) is 0.667. The minimum Gasteiger partial charge on any atom is -0.349 e. The average molecular weight is 255 g/mol. The van der Waals surface area contributed by atoms with Gasteiger partial charge in [-0.3, -0.25) is 4.79 Å². The minimum atomic E-state index is 0.189. The molecule has 0 aliphatic rings. The highest BCUT2D eigenvalue weighted by Crippen LogP contribution is 2.18. The molecule has 0 bridgehead atoms. The van der Waals surface area contributed by atoms with Crippen LogP contribution in [0.15, 0.2) is 11.6 Å². The van der Waals surface area contributed by atoms with Crippen LogP contribution < -0.4 is 5.32 Å². The number of hydrogen-bond acceptors (Lipinski definition) is 4. The Hall–Kier alpha value is -0.940. The fourth-order valence-electron chi connectivity index (χ4n) is 1.55. The maximum Gasteiger partial charge on any atom is 0.222 e. The molecule has 0 spiro atoms. The predicted octanol–water partition coefficient (Wildman–Crippen LogP) is 2.05. The van der Waals surface area contributed by atoms with Crippen LogP contribution in [-0.2, 0) is 4.79 Å². The third-order valence-electron chi connectivity index (χ3n) is 2.61.